The second-order valence-corrected chi connectivity index (χ2v) is 13.8. The molecular formula is C31H50O10. The predicted molar refractivity (Wildman–Crippen MR) is 147 cm³/mol. The van der Waals surface area contributed by atoms with Gasteiger partial charge in [0.2, 0.25) is 0 Å². The number of hydrogen-bond acceptors (Lipinski definition) is 10. The smallest absolute Gasteiger partial charge is 0.311 e. The Balaban J connectivity index is 0.000000194. The van der Waals surface area contributed by atoms with Gasteiger partial charge in [0.25, 0.3) is 0 Å². The summed E-state index contributed by atoms with van der Waals surface area (Å²) in [6, 6.07) is 0. The van der Waals surface area contributed by atoms with Crippen molar-refractivity contribution in [1.29, 1.82) is 0 Å². The molecule has 0 aromatic carbocycles. The Morgan fingerprint density at radius 1 is 0.951 bits per heavy atom. The van der Waals surface area contributed by atoms with Gasteiger partial charge < -0.3 is 33.2 Å². The molecule has 234 valence electrons. The second-order valence-electron chi connectivity index (χ2n) is 13.8. The van der Waals surface area contributed by atoms with Crippen LogP contribution in [0.4, 0.5) is 0 Å². The summed E-state index contributed by atoms with van der Waals surface area (Å²) in [7, 11) is 0. The molecule has 2 saturated carbocycles. The first-order valence-corrected chi connectivity index (χ1v) is 15.3. The van der Waals surface area contributed by atoms with Crippen LogP contribution in [0.1, 0.15) is 88.0 Å². The van der Waals surface area contributed by atoms with Crippen molar-refractivity contribution in [3.05, 3.63) is 0 Å². The summed E-state index contributed by atoms with van der Waals surface area (Å²) >= 11 is 0. The molecule has 5 fully saturated rings. The van der Waals surface area contributed by atoms with Gasteiger partial charge in [-0.3, -0.25) is 14.4 Å². The van der Waals surface area contributed by atoms with E-state index in [0.29, 0.717) is 44.0 Å². The van der Waals surface area contributed by atoms with Gasteiger partial charge in [0, 0.05) is 11.8 Å². The van der Waals surface area contributed by atoms with E-state index in [0.717, 1.165) is 19.3 Å². The van der Waals surface area contributed by atoms with E-state index in [9.17, 15) is 14.4 Å². The van der Waals surface area contributed by atoms with Gasteiger partial charge in [-0.05, 0) is 73.1 Å². The van der Waals surface area contributed by atoms with Gasteiger partial charge in [0.15, 0.2) is 17.7 Å². The highest BCUT2D eigenvalue weighted by atomic mass is 16.8. The van der Waals surface area contributed by atoms with Crippen LogP contribution in [0.5, 0.6) is 0 Å². The highest BCUT2D eigenvalue weighted by Crippen LogP contribution is 2.56. The number of cyclic esters (lactones) is 1. The molecule has 0 amide bonds. The molecule has 5 aliphatic rings. The molecule has 10 nitrogen and oxygen atoms in total. The lowest BCUT2D eigenvalue weighted by Crippen LogP contribution is -2.47. The number of fused-ring (bicyclic) bond motifs is 5. The third kappa shape index (κ3) is 7.08. The van der Waals surface area contributed by atoms with E-state index < -0.39 is 23.1 Å². The average Bonchev–Trinajstić information content (AvgIpc) is 3.72. The molecule has 0 radical (unpaired) electrons. The fourth-order valence-corrected chi connectivity index (χ4v) is 6.44. The number of ether oxygens (including phenoxy) is 7. The van der Waals surface area contributed by atoms with Crippen molar-refractivity contribution >= 4 is 17.9 Å². The van der Waals surface area contributed by atoms with Gasteiger partial charge in [-0.25, -0.2) is 0 Å². The van der Waals surface area contributed by atoms with Crippen LogP contribution in [-0.2, 0) is 47.5 Å². The third-order valence-corrected chi connectivity index (χ3v) is 9.55. The van der Waals surface area contributed by atoms with Gasteiger partial charge >= 0.3 is 17.9 Å². The van der Waals surface area contributed by atoms with Crippen molar-refractivity contribution in [1.82, 2.24) is 0 Å². The molecular weight excluding hydrogens is 532 g/mol. The van der Waals surface area contributed by atoms with Crippen molar-refractivity contribution in [2.24, 2.45) is 35.0 Å². The Labute approximate surface area is 244 Å². The molecule has 3 heterocycles. The van der Waals surface area contributed by atoms with Gasteiger partial charge in [-0.2, -0.15) is 0 Å². The van der Waals surface area contributed by atoms with E-state index in [1.165, 1.54) is 0 Å². The van der Waals surface area contributed by atoms with Crippen molar-refractivity contribution in [2.75, 3.05) is 19.8 Å². The van der Waals surface area contributed by atoms with E-state index in [2.05, 4.69) is 0 Å². The zero-order valence-electron chi connectivity index (χ0n) is 26.2. The maximum atomic E-state index is 12.5. The summed E-state index contributed by atoms with van der Waals surface area (Å²) in [5.41, 5.74) is -0.553. The normalized spacial score (nSPS) is 36.1. The Hall–Kier alpha value is -1.75. The van der Waals surface area contributed by atoms with Crippen LogP contribution in [0.3, 0.4) is 0 Å². The molecule has 2 bridgehead atoms. The molecule has 5 rings (SSSR count). The Bertz CT molecular complexity index is 948. The van der Waals surface area contributed by atoms with Crippen LogP contribution in [0.2, 0.25) is 0 Å². The largest absolute Gasteiger partial charge is 0.465 e. The van der Waals surface area contributed by atoms with Crippen LogP contribution in [-0.4, -0.2) is 73.7 Å². The van der Waals surface area contributed by atoms with Gasteiger partial charge in [0.05, 0.1) is 37.1 Å². The molecule has 0 N–H and O–H groups in total. The van der Waals surface area contributed by atoms with E-state index in [1.807, 2.05) is 62.3 Å². The number of hydrogen-bond donors (Lipinski definition) is 0. The number of carbonyl (C=O) groups is 3. The third-order valence-electron chi connectivity index (χ3n) is 9.55. The highest BCUT2D eigenvalue weighted by Gasteiger charge is 2.60. The van der Waals surface area contributed by atoms with Crippen molar-refractivity contribution in [3.63, 3.8) is 0 Å². The maximum absolute atomic E-state index is 12.5. The summed E-state index contributed by atoms with van der Waals surface area (Å²) in [6.07, 6.45) is 2.11. The van der Waals surface area contributed by atoms with Gasteiger partial charge in [-0.15, -0.1) is 0 Å². The summed E-state index contributed by atoms with van der Waals surface area (Å²) in [5.74, 6) is -0.664. The first-order valence-electron chi connectivity index (χ1n) is 15.3. The molecule has 2 aliphatic carbocycles. The van der Waals surface area contributed by atoms with E-state index in [4.69, 9.17) is 33.2 Å². The minimum Gasteiger partial charge on any atom is -0.465 e. The molecule has 3 aliphatic heterocycles. The molecule has 10 heteroatoms. The lowest BCUT2D eigenvalue weighted by molar-refractivity contribution is -0.200. The minimum absolute atomic E-state index is 0.0206. The monoisotopic (exact) mass is 582 g/mol. The highest BCUT2D eigenvalue weighted by molar-refractivity contribution is 5.77. The van der Waals surface area contributed by atoms with Crippen molar-refractivity contribution in [2.45, 2.75) is 124 Å². The molecule has 0 aromatic rings. The zero-order valence-corrected chi connectivity index (χ0v) is 26.2. The number of esters is 3. The standard InChI is InChI=1S/C17H30O6.C14H20O4/c1-8-15(2,3)14(18)21-13(11-9-19-16(4,5)22-11)12-10-20-17(6,7)23-12;1-3-7(2)13(15)18-11-5-8-4-9(11)10-6-17-14(16)12(8)10/h11-13H,8-10H2,1-7H3;7-12H,3-6H2,1-2H3. The molecule has 8 atom stereocenters. The van der Waals surface area contributed by atoms with E-state index in [1.54, 1.807) is 0 Å². The fourth-order valence-electron chi connectivity index (χ4n) is 6.44. The zero-order chi connectivity index (χ0) is 30.3. The molecule has 3 saturated heterocycles. The fraction of sp³-hybridized carbons (Fsp3) is 0.903. The van der Waals surface area contributed by atoms with Crippen LogP contribution in [0, 0.1) is 35.0 Å². The SMILES string of the molecule is CCC(C)(C)C(=O)OC(C1COC(C)(C)O1)C1COC(C)(C)O1.CCC(C)C(=O)OC1CC2CC1C1COC(=O)C21. The van der Waals surface area contributed by atoms with Crippen LogP contribution >= 0.6 is 0 Å². The van der Waals surface area contributed by atoms with Crippen molar-refractivity contribution < 1.29 is 47.5 Å². The molecule has 0 spiro atoms. The summed E-state index contributed by atoms with van der Waals surface area (Å²) < 4.78 is 39.7. The first kappa shape index (κ1) is 32.2. The van der Waals surface area contributed by atoms with Crippen LogP contribution in [0.25, 0.3) is 0 Å². The van der Waals surface area contributed by atoms with Crippen LogP contribution in [0.15, 0.2) is 0 Å². The second kappa shape index (κ2) is 12.1. The quantitative estimate of drug-likeness (QED) is 0.301. The lowest BCUT2D eigenvalue weighted by atomic mass is 9.80. The van der Waals surface area contributed by atoms with E-state index >= 15 is 0 Å². The maximum Gasteiger partial charge on any atom is 0.311 e. The number of rotatable bonds is 8. The van der Waals surface area contributed by atoms with Gasteiger partial charge in [-0.1, -0.05) is 20.8 Å². The predicted octanol–water partition coefficient (Wildman–Crippen LogP) is 4.41. The van der Waals surface area contributed by atoms with Crippen molar-refractivity contribution in [3.8, 4) is 0 Å². The Morgan fingerprint density at radius 2 is 1.54 bits per heavy atom. The summed E-state index contributed by atoms with van der Waals surface area (Å²) in [4.78, 5) is 36.0. The van der Waals surface area contributed by atoms with E-state index in [-0.39, 0.29) is 48.1 Å². The molecule has 41 heavy (non-hydrogen) atoms. The van der Waals surface area contributed by atoms with Gasteiger partial charge in [0.1, 0.15) is 18.3 Å². The first-order chi connectivity index (χ1) is 19.1. The Morgan fingerprint density at radius 3 is 2.02 bits per heavy atom. The molecule has 0 aromatic heterocycles. The number of carbonyl (C=O) groups excluding carboxylic acids is 3. The molecule has 8 unspecified atom stereocenters. The van der Waals surface area contributed by atoms with Crippen LogP contribution < -0.4 is 0 Å². The summed E-state index contributed by atoms with van der Waals surface area (Å²) in [5, 5.41) is 0. The minimum atomic E-state index is -0.690. The average molecular weight is 583 g/mol. The topological polar surface area (TPSA) is 116 Å². The Kier molecular flexibility index (Phi) is 9.49. The summed E-state index contributed by atoms with van der Waals surface area (Å²) in [6.45, 7) is 18.2. The lowest BCUT2D eigenvalue weighted by Gasteiger charge is -2.31.